The molecule has 0 aromatic carbocycles. The predicted molar refractivity (Wildman–Crippen MR) is 73.0 cm³/mol. The largest absolute Gasteiger partial charge is 0.857 e. The minimum absolute atomic E-state index is 0.0512. The topological polar surface area (TPSA) is 72.4 Å². The van der Waals surface area contributed by atoms with Crippen molar-refractivity contribution < 1.29 is 37.9 Å². The molecule has 0 spiro atoms. The molecule has 0 N–H and O–H groups in total. The SMILES string of the molecule is C=CC(=O)[O][Ti+2][C]1=C(C)C(C)=C(C)C1(C)C.C[O-].C[O-]. The number of carbonyl (C=O) groups is 1. The van der Waals surface area contributed by atoms with Crippen LogP contribution in [0.3, 0.4) is 0 Å². The van der Waals surface area contributed by atoms with Crippen molar-refractivity contribution in [2.75, 3.05) is 14.2 Å². The van der Waals surface area contributed by atoms with Crippen LogP contribution in [0, 0.1) is 5.41 Å². The zero-order valence-electron chi connectivity index (χ0n) is 13.4. The van der Waals surface area contributed by atoms with E-state index < -0.39 is 19.5 Å². The second-order valence-corrected chi connectivity index (χ2v) is 6.02. The molecule has 0 radical (unpaired) electrons. The van der Waals surface area contributed by atoms with Crippen molar-refractivity contribution in [3.05, 3.63) is 33.3 Å². The van der Waals surface area contributed by atoms with Gasteiger partial charge in [0.25, 0.3) is 0 Å². The van der Waals surface area contributed by atoms with E-state index in [1.807, 2.05) is 0 Å². The van der Waals surface area contributed by atoms with Gasteiger partial charge in [0.2, 0.25) is 0 Å². The Bertz CT molecular complexity index is 406. The van der Waals surface area contributed by atoms with Crippen LogP contribution in [0.1, 0.15) is 34.6 Å². The summed E-state index contributed by atoms with van der Waals surface area (Å²) in [7, 11) is 1.50. The molecule has 1 aliphatic rings. The molecule has 0 saturated heterocycles. The van der Waals surface area contributed by atoms with Crippen LogP contribution in [0.2, 0.25) is 0 Å². The number of hydrogen-bond acceptors (Lipinski definition) is 4. The second kappa shape index (κ2) is 10.1. The summed E-state index contributed by atoms with van der Waals surface area (Å²) in [5.41, 5.74) is 4.09. The molecule has 0 bridgehead atoms. The minimum Gasteiger partial charge on any atom is -0.857 e. The molecule has 0 amide bonds. The molecule has 0 atom stereocenters. The quantitative estimate of drug-likeness (QED) is 0.581. The van der Waals surface area contributed by atoms with E-state index in [0.29, 0.717) is 0 Å². The summed E-state index contributed by atoms with van der Waals surface area (Å²) in [4.78, 5) is 11.1. The average molecular weight is 316 g/mol. The third-order valence-corrected chi connectivity index (χ3v) is 5.84. The predicted octanol–water partition coefficient (Wildman–Crippen LogP) is 1.32. The number of allylic oxidation sites excluding steroid dienone is 4. The fourth-order valence-electron chi connectivity index (χ4n) is 1.94. The second-order valence-electron chi connectivity index (χ2n) is 4.60. The van der Waals surface area contributed by atoms with Crippen molar-refractivity contribution in [3.63, 3.8) is 0 Å². The van der Waals surface area contributed by atoms with Crippen molar-refractivity contribution in [2.24, 2.45) is 5.41 Å². The molecule has 20 heavy (non-hydrogen) atoms. The summed E-state index contributed by atoms with van der Waals surface area (Å²) in [6.07, 6.45) is 1.23. The fourth-order valence-corrected chi connectivity index (χ4v) is 3.61. The van der Waals surface area contributed by atoms with Crippen molar-refractivity contribution >= 4 is 5.97 Å². The summed E-state index contributed by atoms with van der Waals surface area (Å²) in [5.74, 6) is -0.307. The zero-order chi connectivity index (χ0) is 16.5. The van der Waals surface area contributed by atoms with Crippen LogP contribution in [0.15, 0.2) is 33.3 Å². The van der Waals surface area contributed by atoms with Gasteiger partial charge in [0.15, 0.2) is 0 Å². The van der Waals surface area contributed by atoms with Crippen molar-refractivity contribution in [1.82, 2.24) is 0 Å². The third-order valence-electron chi connectivity index (χ3n) is 3.48. The Hall–Kier alpha value is -0.676. The van der Waals surface area contributed by atoms with Crippen molar-refractivity contribution in [1.29, 1.82) is 0 Å². The van der Waals surface area contributed by atoms with Gasteiger partial charge in [-0.3, -0.25) is 0 Å². The minimum atomic E-state index is -0.836. The number of hydrogen-bond donors (Lipinski definition) is 0. The van der Waals surface area contributed by atoms with Gasteiger partial charge in [0.05, 0.1) is 0 Å². The Morgan fingerprint density at radius 2 is 1.60 bits per heavy atom. The normalized spacial score (nSPS) is 15.4. The van der Waals surface area contributed by atoms with E-state index in [0.717, 1.165) is 14.2 Å². The maximum Gasteiger partial charge on any atom is -0.153 e. The fraction of sp³-hybridized carbons (Fsp3) is 0.533. The van der Waals surface area contributed by atoms with E-state index in [9.17, 15) is 4.79 Å². The molecule has 0 saturated carbocycles. The molecule has 112 valence electrons. The first-order valence-corrected chi connectivity index (χ1v) is 7.54. The van der Waals surface area contributed by atoms with Crippen LogP contribution in [-0.4, -0.2) is 20.2 Å². The van der Waals surface area contributed by atoms with Crippen LogP contribution in [0.25, 0.3) is 0 Å². The van der Waals surface area contributed by atoms with Crippen molar-refractivity contribution in [3.8, 4) is 0 Å². The molecular formula is C15H24O4Ti. The Morgan fingerprint density at radius 3 is 1.90 bits per heavy atom. The van der Waals surface area contributed by atoms with Gasteiger partial charge in [-0.15, -0.1) is 0 Å². The van der Waals surface area contributed by atoms with Crippen LogP contribution in [0.4, 0.5) is 0 Å². The zero-order valence-corrected chi connectivity index (χ0v) is 15.0. The maximum atomic E-state index is 11.1. The van der Waals surface area contributed by atoms with Crippen LogP contribution in [-0.2, 0) is 27.7 Å². The van der Waals surface area contributed by atoms with E-state index in [1.54, 1.807) is 0 Å². The molecule has 0 aliphatic heterocycles. The molecule has 0 aromatic rings. The van der Waals surface area contributed by atoms with Gasteiger partial charge in [0, 0.05) is 0 Å². The molecule has 4 nitrogen and oxygen atoms in total. The summed E-state index contributed by atoms with van der Waals surface area (Å²) < 4.78 is 6.58. The Morgan fingerprint density at radius 1 is 1.15 bits per heavy atom. The van der Waals surface area contributed by atoms with Crippen LogP contribution < -0.4 is 10.2 Å². The molecule has 5 heteroatoms. The molecule has 0 fully saturated rings. The third kappa shape index (κ3) is 5.02. The van der Waals surface area contributed by atoms with Crippen LogP contribution in [0.5, 0.6) is 0 Å². The van der Waals surface area contributed by atoms with E-state index in [2.05, 4.69) is 41.2 Å². The van der Waals surface area contributed by atoms with Crippen molar-refractivity contribution in [2.45, 2.75) is 34.6 Å². The maximum absolute atomic E-state index is 11.1. The van der Waals surface area contributed by atoms with Gasteiger partial charge in [-0.1, -0.05) is 0 Å². The number of rotatable bonds is 3. The van der Waals surface area contributed by atoms with Gasteiger partial charge in [0.1, 0.15) is 0 Å². The van der Waals surface area contributed by atoms with E-state index in [1.165, 1.54) is 26.7 Å². The molecule has 0 aromatic heterocycles. The van der Waals surface area contributed by atoms with Gasteiger partial charge in [-0.2, -0.15) is 14.2 Å². The smallest absolute Gasteiger partial charge is 0.153 e. The summed E-state index contributed by atoms with van der Waals surface area (Å²) >= 11 is -0.836. The van der Waals surface area contributed by atoms with E-state index in [-0.39, 0.29) is 11.4 Å². The van der Waals surface area contributed by atoms with E-state index >= 15 is 0 Å². The molecule has 1 rings (SSSR count). The first-order chi connectivity index (χ1) is 9.32. The average Bonchev–Trinajstić information content (AvgIpc) is 2.62. The van der Waals surface area contributed by atoms with Gasteiger partial charge >= 0.3 is 107 Å². The van der Waals surface area contributed by atoms with Gasteiger partial charge in [-0.05, 0) is 0 Å². The van der Waals surface area contributed by atoms with E-state index in [4.69, 9.17) is 13.5 Å². The molecule has 0 unspecified atom stereocenters. The first kappa shape index (κ1) is 21.6. The standard InChI is InChI=1S/C10H15.C3H4O2.2CH3O.Ti/c1-7-6-10(4,5)9(3)8(7)2;1-2-3(4)5;2*1-2;/h1-5H3;2H,1H2,(H,4,5);2*1H3;/q;;2*-1;+3/p-1. The van der Waals surface area contributed by atoms with Crippen LogP contribution >= 0.6 is 0 Å². The Kier molecular flexibility index (Phi) is 10.9. The van der Waals surface area contributed by atoms with Gasteiger partial charge in [-0.25, -0.2) is 0 Å². The molecule has 1 aliphatic carbocycles. The number of carbonyl (C=O) groups excluding carboxylic acids is 1. The Labute approximate surface area is 131 Å². The molecule has 0 heterocycles. The Balaban J connectivity index is 0. The molecular weight excluding hydrogens is 292 g/mol. The first-order valence-electron chi connectivity index (χ1n) is 6.13. The van der Waals surface area contributed by atoms with Gasteiger partial charge < -0.3 is 10.2 Å². The monoisotopic (exact) mass is 316 g/mol. The summed E-state index contributed by atoms with van der Waals surface area (Å²) in [6.45, 7) is 14.2. The summed E-state index contributed by atoms with van der Waals surface area (Å²) in [6, 6.07) is 0. The summed E-state index contributed by atoms with van der Waals surface area (Å²) in [5, 5.41) is 16.5.